The maximum Gasteiger partial charge on any atom is 0.0902 e. The minimum atomic E-state index is -0.333. The lowest BCUT2D eigenvalue weighted by molar-refractivity contribution is 0.0783. The number of aliphatic hydroxyl groups excluding tert-OH is 2. The van der Waals surface area contributed by atoms with E-state index in [1.165, 1.54) is 0 Å². The third kappa shape index (κ3) is 5.14. The van der Waals surface area contributed by atoms with Gasteiger partial charge < -0.3 is 20.8 Å². The molecule has 2 fully saturated rings. The molecule has 8 nitrogen and oxygen atoms in total. The van der Waals surface area contributed by atoms with Crippen LogP contribution in [0.5, 0.6) is 0 Å². The van der Waals surface area contributed by atoms with Crippen LogP contribution in [0.2, 0.25) is 0 Å². The summed E-state index contributed by atoms with van der Waals surface area (Å²) in [6.45, 7) is 3.27. The summed E-state index contributed by atoms with van der Waals surface area (Å²) < 4.78 is 5.54. The van der Waals surface area contributed by atoms with E-state index in [2.05, 4.69) is 52.7 Å². The highest BCUT2D eigenvalue weighted by Crippen LogP contribution is 2.20. The molecule has 0 aliphatic carbocycles. The molecule has 0 bridgehead atoms. The summed E-state index contributed by atoms with van der Waals surface area (Å²) in [6.07, 6.45) is 8.38. The normalized spacial score (nSPS) is 29.1. The van der Waals surface area contributed by atoms with Crippen LogP contribution in [-0.2, 0) is 0 Å². The number of rotatable bonds is 2. The van der Waals surface area contributed by atoms with Crippen molar-refractivity contribution >= 4 is 31.9 Å². The first kappa shape index (κ1) is 20.0. The lowest BCUT2D eigenvalue weighted by Gasteiger charge is -2.28. The van der Waals surface area contributed by atoms with Crippen molar-refractivity contribution in [3.05, 3.63) is 33.7 Å². The number of piperidine rings is 2. The fourth-order valence-electron chi connectivity index (χ4n) is 3.23. The molecule has 2 aromatic rings. The van der Waals surface area contributed by atoms with E-state index < -0.39 is 0 Å². The second-order valence-electron chi connectivity index (χ2n) is 6.53. The van der Waals surface area contributed by atoms with Crippen LogP contribution in [0.4, 0.5) is 0 Å². The van der Waals surface area contributed by atoms with Crippen molar-refractivity contribution in [2.75, 3.05) is 26.2 Å². The van der Waals surface area contributed by atoms with Gasteiger partial charge in [0.05, 0.1) is 45.6 Å². The number of hydrogen-bond acceptors (Lipinski definition) is 6. The Labute approximate surface area is 169 Å². The molecule has 4 heterocycles. The Hall–Kier alpha value is -0.780. The summed E-state index contributed by atoms with van der Waals surface area (Å²) in [5.41, 5.74) is 0. The average Bonchev–Trinajstić information content (AvgIpc) is 3.25. The number of nitrogens with zero attached hydrogens (tertiary/aromatic N) is 4. The van der Waals surface area contributed by atoms with Crippen LogP contribution >= 0.6 is 31.9 Å². The molecule has 0 saturated carbocycles. The molecule has 2 unspecified atom stereocenters. The number of aliphatic hydroxyl groups is 2. The topological polar surface area (TPSA) is 100 Å². The van der Waals surface area contributed by atoms with Crippen LogP contribution in [0.15, 0.2) is 33.7 Å². The van der Waals surface area contributed by atoms with Crippen LogP contribution in [0.3, 0.4) is 0 Å². The van der Waals surface area contributed by atoms with E-state index in [0.717, 1.165) is 41.4 Å². The minimum absolute atomic E-state index is 0.0695. The lowest BCUT2D eigenvalue weighted by Crippen LogP contribution is -2.41. The molecule has 0 radical (unpaired) electrons. The van der Waals surface area contributed by atoms with Crippen molar-refractivity contribution in [3.63, 3.8) is 0 Å². The third-order valence-corrected chi connectivity index (χ3v) is 5.47. The minimum Gasteiger partial charge on any atom is -0.391 e. The van der Waals surface area contributed by atoms with Gasteiger partial charge in [-0.1, -0.05) is 0 Å². The van der Waals surface area contributed by atoms with E-state index in [0.29, 0.717) is 6.54 Å². The first-order valence-corrected chi connectivity index (χ1v) is 10.3. The highest BCUT2D eigenvalue weighted by molar-refractivity contribution is 9.10. The number of aromatic nitrogens is 4. The van der Waals surface area contributed by atoms with E-state index in [-0.39, 0.29) is 24.3 Å². The quantitative estimate of drug-likeness (QED) is 0.501. The number of hydrogen-bond donors (Lipinski definition) is 4. The van der Waals surface area contributed by atoms with E-state index >= 15 is 0 Å². The Kier molecular flexibility index (Phi) is 7.24. The summed E-state index contributed by atoms with van der Waals surface area (Å²) in [7, 11) is 0. The summed E-state index contributed by atoms with van der Waals surface area (Å²) in [4.78, 5) is 0. The van der Waals surface area contributed by atoms with E-state index in [9.17, 15) is 10.2 Å². The molecule has 2 aliphatic rings. The van der Waals surface area contributed by atoms with Gasteiger partial charge >= 0.3 is 0 Å². The van der Waals surface area contributed by atoms with Crippen molar-refractivity contribution < 1.29 is 10.2 Å². The van der Waals surface area contributed by atoms with E-state index in [4.69, 9.17) is 0 Å². The predicted molar refractivity (Wildman–Crippen MR) is 105 cm³/mol. The SMILES string of the molecule is O[C@@H]1CCNCC1n1cc(Br)cn1.O[C@H]1CNCCC1n1cc(Br)cn1. The summed E-state index contributed by atoms with van der Waals surface area (Å²) >= 11 is 6.67. The number of β-amino-alcohol motifs (C(OH)–C–C–N with tert-alkyl or cyclic N) is 1. The third-order valence-electron chi connectivity index (χ3n) is 4.65. The molecule has 0 aromatic carbocycles. The molecule has 26 heavy (non-hydrogen) atoms. The van der Waals surface area contributed by atoms with Gasteiger partial charge in [0, 0.05) is 25.5 Å². The number of nitrogens with one attached hydrogen (secondary N) is 2. The van der Waals surface area contributed by atoms with Gasteiger partial charge in [-0.05, 0) is 57.8 Å². The fourth-order valence-corrected chi connectivity index (χ4v) is 3.83. The molecule has 10 heteroatoms. The van der Waals surface area contributed by atoms with Gasteiger partial charge in [-0.3, -0.25) is 9.36 Å². The largest absolute Gasteiger partial charge is 0.391 e. The van der Waals surface area contributed by atoms with E-state index in [1.807, 2.05) is 17.1 Å². The van der Waals surface area contributed by atoms with Crippen LogP contribution in [0.25, 0.3) is 0 Å². The predicted octanol–water partition coefficient (Wildman–Crippen LogP) is 1.08. The molecular weight excluding hydrogens is 468 g/mol. The van der Waals surface area contributed by atoms with Crippen LogP contribution in [0, 0.1) is 0 Å². The first-order valence-electron chi connectivity index (χ1n) is 8.71. The molecule has 0 spiro atoms. The van der Waals surface area contributed by atoms with Crippen molar-refractivity contribution in [3.8, 4) is 0 Å². The molecule has 0 amide bonds. The van der Waals surface area contributed by atoms with Gasteiger partial charge in [-0.15, -0.1) is 0 Å². The summed E-state index contributed by atoms with van der Waals surface area (Å²) in [5, 5.41) is 34.1. The molecule has 4 atom stereocenters. The Bertz CT molecular complexity index is 636. The van der Waals surface area contributed by atoms with Gasteiger partial charge in [0.25, 0.3) is 0 Å². The fraction of sp³-hybridized carbons (Fsp3) is 0.625. The van der Waals surface area contributed by atoms with Gasteiger partial charge in [0.2, 0.25) is 0 Å². The van der Waals surface area contributed by atoms with Crippen molar-refractivity contribution in [1.82, 2.24) is 30.2 Å². The Balaban J connectivity index is 0.000000151. The molecule has 4 N–H and O–H groups in total. The molecule has 2 aliphatic heterocycles. The standard InChI is InChI=1S/2C8H12BrN3O/c9-6-3-11-12(5-6)7-4-10-2-1-8(7)13;9-6-3-11-12(5-6)7-1-2-10-4-8(7)13/h2*3,5,7-8,10,13H,1-2,4H2/t2*7?,8-/m10/s1. The maximum atomic E-state index is 9.72. The average molecular weight is 492 g/mol. The monoisotopic (exact) mass is 490 g/mol. The second kappa shape index (κ2) is 9.43. The molecule has 2 saturated heterocycles. The van der Waals surface area contributed by atoms with Crippen molar-refractivity contribution in [2.24, 2.45) is 0 Å². The highest BCUT2D eigenvalue weighted by Gasteiger charge is 2.25. The van der Waals surface area contributed by atoms with Crippen LogP contribution in [-0.4, -0.2) is 68.2 Å². The zero-order chi connectivity index (χ0) is 18.5. The van der Waals surface area contributed by atoms with Crippen molar-refractivity contribution in [1.29, 1.82) is 0 Å². The highest BCUT2D eigenvalue weighted by atomic mass is 79.9. The molecule has 2 aromatic heterocycles. The van der Waals surface area contributed by atoms with Crippen LogP contribution in [0.1, 0.15) is 24.9 Å². The van der Waals surface area contributed by atoms with E-state index in [1.54, 1.807) is 17.1 Å². The summed E-state index contributed by atoms with van der Waals surface area (Å²) in [6, 6.07) is 0.188. The Morgan fingerprint density at radius 3 is 1.96 bits per heavy atom. The number of halogens is 2. The Morgan fingerprint density at radius 1 is 0.846 bits per heavy atom. The lowest BCUT2D eigenvalue weighted by atomic mass is 10.0. The smallest absolute Gasteiger partial charge is 0.0902 e. The first-order chi connectivity index (χ1) is 12.5. The van der Waals surface area contributed by atoms with Gasteiger partial charge in [0.1, 0.15) is 0 Å². The maximum absolute atomic E-state index is 9.72. The second-order valence-corrected chi connectivity index (χ2v) is 8.36. The molecule has 4 rings (SSSR count). The Morgan fingerprint density at radius 2 is 1.42 bits per heavy atom. The zero-order valence-corrected chi connectivity index (χ0v) is 17.5. The van der Waals surface area contributed by atoms with Gasteiger partial charge in [-0.2, -0.15) is 10.2 Å². The molecule has 144 valence electrons. The van der Waals surface area contributed by atoms with Crippen molar-refractivity contribution in [2.45, 2.75) is 37.1 Å². The molecular formula is C16H24Br2N6O2. The zero-order valence-electron chi connectivity index (χ0n) is 14.3. The van der Waals surface area contributed by atoms with Gasteiger partial charge in [-0.25, -0.2) is 0 Å². The summed E-state index contributed by atoms with van der Waals surface area (Å²) in [5.74, 6) is 0. The van der Waals surface area contributed by atoms with Gasteiger partial charge in [0.15, 0.2) is 0 Å². The van der Waals surface area contributed by atoms with Crippen LogP contribution < -0.4 is 10.6 Å².